The van der Waals surface area contributed by atoms with Gasteiger partial charge in [0, 0.05) is 0 Å². The molecule has 6 atom stereocenters. The van der Waals surface area contributed by atoms with Gasteiger partial charge in [-0.3, -0.25) is 13.9 Å². The van der Waals surface area contributed by atoms with Crippen LogP contribution in [0.5, 0.6) is 11.6 Å². The van der Waals surface area contributed by atoms with E-state index in [0.29, 0.717) is 0 Å². The molecule has 48 heavy (non-hydrogen) atoms. The van der Waals surface area contributed by atoms with Gasteiger partial charge in [-0.2, -0.15) is 15.1 Å². The second-order valence-corrected chi connectivity index (χ2v) is 13.7. The monoisotopic (exact) mass is 684 g/mol. The van der Waals surface area contributed by atoms with Crippen LogP contribution in [0.2, 0.25) is 0 Å². The number of aliphatic hydroxyl groups is 1. The molecule has 1 saturated heterocycles. The van der Waals surface area contributed by atoms with Crippen LogP contribution in [-0.2, 0) is 30.0 Å². The maximum absolute atomic E-state index is 16.3. The Morgan fingerprint density at radius 3 is 2.56 bits per heavy atom. The van der Waals surface area contributed by atoms with Crippen LogP contribution in [0.1, 0.15) is 51.3 Å². The number of hydrogen-bond donors (Lipinski definition) is 3. The fraction of sp³-hybridized carbons (Fsp3) is 0.438. The molecule has 0 bridgehead atoms. The van der Waals surface area contributed by atoms with E-state index >= 15 is 4.39 Å². The number of hydrogen-bond acceptors (Lipinski definition) is 12. The number of nitrogen functional groups attached to an aromatic ring is 1. The Morgan fingerprint density at radius 1 is 1.17 bits per heavy atom. The van der Waals surface area contributed by atoms with Crippen molar-refractivity contribution in [3.8, 4) is 11.6 Å². The number of ether oxygens (including phenoxy) is 3. The van der Waals surface area contributed by atoms with Crippen molar-refractivity contribution < 1.29 is 42.1 Å². The van der Waals surface area contributed by atoms with Crippen molar-refractivity contribution in [1.82, 2.24) is 24.6 Å². The molecule has 4 aromatic rings. The molecule has 1 aliphatic heterocycles. The number of para-hydroxylation sites is 1. The fourth-order valence-electron chi connectivity index (χ4n) is 5.70. The number of fused-ring (bicyclic) bond motifs is 1. The molecule has 3 heterocycles. The SMILES string of the molecule is C[C@H](NP(=O)(OC[C@H]1O[C@@H](n2cnc3c(OCc4ccccc4)nc(N)nc32)[C@](C)(F)[C@@H]1O)Oc1ccccc1)C(=O)OC1CCCC1. The minimum atomic E-state index is -4.32. The van der Waals surface area contributed by atoms with Crippen LogP contribution < -0.4 is 20.1 Å². The first-order valence-electron chi connectivity index (χ1n) is 15.7. The van der Waals surface area contributed by atoms with Crippen LogP contribution in [0.3, 0.4) is 0 Å². The molecular formula is C32H38FN6O8P. The number of anilines is 1. The molecule has 6 rings (SSSR count). The average Bonchev–Trinajstić information content (AvgIpc) is 3.79. The molecule has 2 aliphatic rings. The fourth-order valence-corrected chi connectivity index (χ4v) is 7.20. The number of imidazole rings is 1. The smallest absolute Gasteiger partial charge is 0.459 e. The summed E-state index contributed by atoms with van der Waals surface area (Å²) in [7, 11) is -4.32. The maximum atomic E-state index is 16.3. The van der Waals surface area contributed by atoms with Crippen LogP contribution in [0, 0.1) is 0 Å². The summed E-state index contributed by atoms with van der Waals surface area (Å²) in [4.78, 5) is 25.5. The highest BCUT2D eigenvalue weighted by Crippen LogP contribution is 2.48. The van der Waals surface area contributed by atoms with Gasteiger partial charge in [0.25, 0.3) is 0 Å². The van der Waals surface area contributed by atoms with Crippen molar-refractivity contribution in [2.75, 3.05) is 12.3 Å². The first-order valence-corrected chi connectivity index (χ1v) is 17.2. The number of alkyl halides is 1. The number of nitrogens with two attached hydrogens (primary N) is 1. The van der Waals surface area contributed by atoms with Crippen LogP contribution in [0.25, 0.3) is 11.2 Å². The number of nitrogens with one attached hydrogen (secondary N) is 1. The summed E-state index contributed by atoms with van der Waals surface area (Å²) in [6.07, 6.45) is 0.0164. The maximum Gasteiger partial charge on any atom is 0.459 e. The lowest BCUT2D eigenvalue weighted by Gasteiger charge is -2.25. The van der Waals surface area contributed by atoms with E-state index in [1.807, 2.05) is 30.3 Å². The summed E-state index contributed by atoms with van der Waals surface area (Å²) >= 11 is 0. The molecule has 0 radical (unpaired) electrons. The second kappa shape index (κ2) is 14.1. The van der Waals surface area contributed by atoms with E-state index in [1.165, 1.54) is 17.8 Å². The largest absolute Gasteiger partial charge is 0.471 e. The molecule has 2 aromatic heterocycles. The first-order chi connectivity index (χ1) is 23.0. The highest BCUT2D eigenvalue weighted by Gasteiger charge is 2.56. The zero-order chi connectivity index (χ0) is 33.9. The Hall–Kier alpha value is -4.14. The van der Waals surface area contributed by atoms with Crippen molar-refractivity contribution in [2.45, 2.75) is 82.4 Å². The third kappa shape index (κ3) is 7.45. The zero-order valence-electron chi connectivity index (χ0n) is 26.5. The third-order valence-corrected chi connectivity index (χ3v) is 9.91. The van der Waals surface area contributed by atoms with Gasteiger partial charge in [0.1, 0.15) is 36.7 Å². The predicted octanol–water partition coefficient (Wildman–Crippen LogP) is 4.64. The molecule has 256 valence electrons. The topological polar surface area (TPSA) is 182 Å². The number of rotatable bonds is 13. The van der Waals surface area contributed by atoms with Crippen molar-refractivity contribution in [3.63, 3.8) is 0 Å². The van der Waals surface area contributed by atoms with E-state index in [2.05, 4.69) is 20.0 Å². The highest BCUT2D eigenvalue weighted by molar-refractivity contribution is 7.52. The summed E-state index contributed by atoms with van der Waals surface area (Å²) < 4.78 is 60.4. The van der Waals surface area contributed by atoms with Crippen LogP contribution in [0.4, 0.5) is 10.3 Å². The zero-order valence-corrected chi connectivity index (χ0v) is 27.4. The first kappa shape index (κ1) is 33.7. The van der Waals surface area contributed by atoms with E-state index in [4.69, 9.17) is 29.0 Å². The minimum absolute atomic E-state index is 0.0877. The van der Waals surface area contributed by atoms with E-state index in [9.17, 15) is 14.5 Å². The van der Waals surface area contributed by atoms with Gasteiger partial charge in [-0.05, 0) is 57.2 Å². The number of aromatic nitrogens is 4. The summed E-state index contributed by atoms with van der Waals surface area (Å²) in [6, 6.07) is 16.5. The lowest BCUT2D eigenvalue weighted by atomic mass is 9.98. The normalized spacial score (nSPS) is 24.7. The van der Waals surface area contributed by atoms with Crippen molar-refractivity contribution in [3.05, 3.63) is 72.6 Å². The number of nitrogens with zero attached hydrogens (tertiary/aromatic N) is 4. The van der Waals surface area contributed by atoms with Crippen LogP contribution in [0.15, 0.2) is 67.0 Å². The van der Waals surface area contributed by atoms with Gasteiger partial charge >= 0.3 is 13.7 Å². The third-order valence-electron chi connectivity index (χ3n) is 8.26. The molecule has 1 aliphatic carbocycles. The van der Waals surface area contributed by atoms with Gasteiger partial charge in [0.15, 0.2) is 23.1 Å². The summed E-state index contributed by atoms with van der Waals surface area (Å²) in [6.45, 7) is 2.24. The quantitative estimate of drug-likeness (QED) is 0.131. The molecule has 2 aromatic carbocycles. The predicted molar refractivity (Wildman–Crippen MR) is 172 cm³/mol. The Morgan fingerprint density at radius 2 is 1.85 bits per heavy atom. The summed E-state index contributed by atoms with van der Waals surface area (Å²) in [5.74, 6) is -0.476. The number of halogens is 1. The number of benzene rings is 2. The van der Waals surface area contributed by atoms with Crippen molar-refractivity contribution >= 4 is 30.8 Å². The van der Waals surface area contributed by atoms with Crippen LogP contribution >= 0.6 is 7.75 Å². The van der Waals surface area contributed by atoms with Crippen molar-refractivity contribution in [2.24, 2.45) is 0 Å². The van der Waals surface area contributed by atoms with Gasteiger partial charge in [-0.25, -0.2) is 13.9 Å². The molecule has 2 fully saturated rings. The van der Waals surface area contributed by atoms with Crippen molar-refractivity contribution in [1.29, 1.82) is 0 Å². The Kier molecular flexibility index (Phi) is 9.95. The minimum Gasteiger partial charge on any atom is -0.471 e. The molecule has 14 nitrogen and oxygen atoms in total. The number of esters is 1. The molecule has 16 heteroatoms. The molecule has 4 N–H and O–H groups in total. The molecule has 1 unspecified atom stereocenters. The highest BCUT2D eigenvalue weighted by atomic mass is 31.2. The van der Waals surface area contributed by atoms with E-state index < -0.39 is 50.5 Å². The average molecular weight is 685 g/mol. The Balaban J connectivity index is 1.19. The van der Waals surface area contributed by atoms with E-state index in [-0.39, 0.29) is 41.5 Å². The Bertz CT molecular complexity index is 1760. The van der Waals surface area contributed by atoms with Crippen LogP contribution in [-0.4, -0.2) is 67.2 Å². The van der Waals surface area contributed by atoms with E-state index in [0.717, 1.165) is 38.2 Å². The molecular weight excluding hydrogens is 646 g/mol. The Labute approximate surface area is 276 Å². The van der Waals surface area contributed by atoms with Gasteiger partial charge in [0.05, 0.1) is 12.9 Å². The van der Waals surface area contributed by atoms with Gasteiger partial charge < -0.3 is 29.6 Å². The van der Waals surface area contributed by atoms with Gasteiger partial charge in [0.2, 0.25) is 11.8 Å². The standard InChI is InChI=1S/C32H38FN6O8P/c1-20(29(41)45-22-13-9-10-14-22)38-48(42,47-23-15-7-4-8-16-23)44-18-24-26(40)32(2,33)30(46-24)39-19-35-25-27(39)36-31(34)37-28(25)43-17-21-11-5-3-6-12-21/h3-8,11-12,15-16,19-20,22,24,26,30,40H,9-10,13-14,17-18H2,1-2H3,(H,38,42)(H2,34,36,37)/t20-,24+,26+,30+,32+,48?/m0/s1. The number of aliphatic hydroxyl groups excluding tert-OH is 1. The molecule has 0 amide bonds. The van der Waals surface area contributed by atoms with Gasteiger partial charge in [-0.15, -0.1) is 0 Å². The van der Waals surface area contributed by atoms with Gasteiger partial charge in [-0.1, -0.05) is 48.5 Å². The number of carbonyl (C=O) groups is 1. The lowest BCUT2D eigenvalue weighted by molar-refractivity contribution is -0.150. The molecule has 1 saturated carbocycles. The lowest BCUT2D eigenvalue weighted by Crippen LogP contribution is -2.41. The van der Waals surface area contributed by atoms with E-state index in [1.54, 1.807) is 30.3 Å². The second-order valence-electron chi connectivity index (χ2n) is 12.0. The number of carbonyl (C=O) groups excluding carboxylic acids is 1. The summed E-state index contributed by atoms with van der Waals surface area (Å²) in [5, 5.41) is 13.7. The summed E-state index contributed by atoms with van der Waals surface area (Å²) in [5.41, 5.74) is 4.78. The molecule has 0 spiro atoms.